The molecule has 10 heteroatoms. The quantitative estimate of drug-likeness (QED) is 0.0161. The van der Waals surface area contributed by atoms with Gasteiger partial charge in [0.1, 0.15) is 19.3 Å². The first-order valence-corrected chi connectivity index (χ1v) is 29.1. The highest BCUT2D eigenvalue weighted by molar-refractivity contribution is 7.45. The maximum absolute atomic E-state index is 13.4. The fourth-order valence-corrected chi connectivity index (χ4v) is 8.39. The number of nitrogens with one attached hydrogen (secondary N) is 1. The largest absolute Gasteiger partial charge is 0.756 e. The van der Waals surface area contributed by atoms with E-state index in [2.05, 4.69) is 74.7 Å². The first kappa shape index (κ1) is 64.7. The van der Waals surface area contributed by atoms with Gasteiger partial charge in [0.15, 0.2) is 0 Å². The van der Waals surface area contributed by atoms with Gasteiger partial charge in [-0.05, 0) is 83.1 Å². The minimum absolute atomic E-state index is 0.0274. The number of esters is 1. The zero-order valence-corrected chi connectivity index (χ0v) is 45.2. The molecule has 0 fully saturated rings. The second kappa shape index (κ2) is 47.4. The SMILES string of the molecule is CC/C=C/C/C=C/CCCCCCCCCC(=O)NC(COP(=O)([O-])OCC[N+](C)(C)C)C(/C=C/CCCCCCCCCCCC)OC(=O)CCCCCCCC/C=C/C=C/CCCCC. The molecule has 0 spiro atoms. The Morgan fingerprint density at radius 1 is 0.552 bits per heavy atom. The van der Waals surface area contributed by atoms with Crippen molar-refractivity contribution in [2.75, 3.05) is 40.9 Å². The third kappa shape index (κ3) is 48.5. The maximum Gasteiger partial charge on any atom is 0.306 e. The lowest BCUT2D eigenvalue weighted by molar-refractivity contribution is -0.870. The second-order valence-electron chi connectivity index (χ2n) is 19.7. The first-order valence-electron chi connectivity index (χ1n) is 27.6. The Morgan fingerprint density at radius 3 is 1.54 bits per heavy atom. The molecule has 0 saturated heterocycles. The van der Waals surface area contributed by atoms with Crippen molar-refractivity contribution in [1.29, 1.82) is 0 Å². The number of unbranched alkanes of at least 4 members (excludes halogenated alkanes) is 26. The summed E-state index contributed by atoms with van der Waals surface area (Å²) in [7, 11) is 1.17. The van der Waals surface area contributed by atoms with Crippen LogP contribution in [0.2, 0.25) is 0 Å². The number of quaternary nitrogens is 1. The van der Waals surface area contributed by atoms with Gasteiger partial charge in [0.25, 0.3) is 7.82 Å². The molecule has 0 aromatic heterocycles. The van der Waals surface area contributed by atoms with E-state index >= 15 is 0 Å². The molecule has 0 heterocycles. The number of rotatable bonds is 49. The molecule has 0 radical (unpaired) electrons. The Kier molecular flexibility index (Phi) is 45.8. The number of phosphoric ester groups is 1. The molecular formula is C57H105N2O7P. The Bertz CT molecular complexity index is 1340. The lowest BCUT2D eigenvalue weighted by Crippen LogP contribution is -2.47. The number of nitrogens with zero attached hydrogens (tertiary/aromatic N) is 1. The highest BCUT2D eigenvalue weighted by atomic mass is 31.2. The molecule has 0 aliphatic rings. The Labute approximate surface area is 413 Å². The number of carbonyl (C=O) groups is 2. The number of likely N-dealkylation sites (N-methyl/N-ethyl adjacent to an activating group) is 1. The Balaban J connectivity index is 5.42. The van der Waals surface area contributed by atoms with Gasteiger partial charge in [-0.1, -0.05) is 204 Å². The van der Waals surface area contributed by atoms with Crippen LogP contribution in [0.5, 0.6) is 0 Å². The molecule has 0 aliphatic heterocycles. The summed E-state index contributed by atoms with van der Waals surface area (Å²) in [6, 6.07) is -0.896. The number of amides is 1. The van der Waals surface area contributed by atoms with Crippen LogP contribution in [0.1, 0.15) is 239 Å². The van der Waals surface area contributed by atoms with Gasteiger partial charge in [-0.15, -0.1) is 0 Å². The summed E-state index contributed by atoms with van der Waals surface area (Å²) >= 11 is 0. The highest BCUT2D eigenvalue weighted by Crippen LogP contribution is 2.38. The van der Waals surface area contributed by atoms with Crippen LogP contribution in [0.25, 0.3) is 0 Å². The molecule has 0 aromatic carbocycles. The van der Waals surface area contributed by atoms with Gasteiger partial charge in [-0.3, -0.25) is 14.2 Å². The molecule has 0 saturated carbocycles. The topological polar surface area (TPSA) is 114 Å². The number of hydrogen-bond donors (Lipinski definition) is 1. The maximum atomic E-state index is 13.4. The Hall–Kier alpha value is -2.29. The average molecular weight is 961 g/mol. The van der Waals surface area contributed by atoms with Crippen LogP contribution in [0, 0.1) is 0 Å². The lowest BCUT2D eigenvalue weighted by atomic mass is 10.0. The molecule has 0 aromatic rings. The van der Waals surface area contributed by atoms with Gasteiger partial charge in [0.2, 0.25) is 5.91 Å². The van der Waals surface area contributed by atoms with Crippen molar-refractivity contribution >= 4 is 19.7 Å². The average Bonchev–Trinajstić information content (AvgIpc) is 3.28. The molecule has 1 amide bonds. The van der Waals surface area contributed by atoms with Crippen molar-refractivity contribution in [3.05, 3.63) is 60.8 Å². The fraction of sp³-hybridized carbons (Fsp3) is 0.789. The van der Waals surface area contributed by atoms with E-state index < -0.39 is 26.6 Å². The summed E-state index contributed by atoms with van der Waals surface area (Å²) in [5.74, 6) is -0.565. The van der Waals surface area contributed by atoms with Crippen LogP contribution in [-0.4, -0.2) is 69.4 Å². The van der Waals surface area contributed by atoms with Gasteiger partial charge in [0, 0.05) is 12.8 Å². The summed E-state index contributed by atoms with van der Waals surface area (Å²) in [6.45, 7) is 6.68. The van der Waals surface area contributed by atoms with E-state index in [1.807, 2.05) is 33.3 Å². The summed E-state index contributed by atoms with van der Waals surface area (Å²) in [5.41, 5.74) is 0. The van der Waals surface area contributed by atoms with Crippen molar-refractivity contribution in [2.24, 2.45) is 0 Å². The van der Waals surface area contributed by atoms with E-state index in [0.29, 0.717) is 23.9 Å². The van der Waals surface area contributed by atoms with E-state index in [1.54, 1.807) is 0 Å². The van der Waals surface area contributed by atoms with Crippen LogP contribution < -0.4 is 10.2 Å². The zero-order valence-electron chi connectivity index (χ0n) is 44.3. The van der Waals surface area contributed by atoms with E-state index in [1.165, 1.54) is 96.3 Å². The molecule has 3 atom stereocenters. The third-order valence-corrected chi connectivity index (χ3v) is 12.9. The third-order valence-electron chi connectivity index (χ3n) is 12.0. The molecule has 0 bridgehead atoms. The van der Waals surface area contributed by atoms with Gasteiger partial charge in [-0.25, -0.2) is 0 Å². The van der Waals surface area contributed by atoms with Crippen molar-refractivity contribution < 1.29 is 37.3 Å². The zero-order chi connectivity index (χ0) is 49.4. The normalized spacial score (nSPS) is 14.3. The molecule has 1 N–H and O–H groups in total. The standard InChI is InChI=1S/C57H105N2O7P/c1-7-10-13-16-19-22-25-28-30-32-35-38-41-44-47-50-57(61)66-55(48-45-42-39-36-33-27-24-21-18-15-12-9-3)54(53-65-67(62,63)64-52-51-59(4,5)6)58-56(60)49-46-43-40-37-34-31-29-26-23-20-17-14-11-8-2/h11,14,19-20,22-23,25,28,45,48,54-55H,7-10,12-13,15-18,21,24,26-27,29-44,46-47,49-53H2,1-6H3,(H-,58,60,62,63)/b14-11+,22-19+,23-20+,28-25+,48-45+. The van der Waals surface area contributed by atoms with Gasteiger partial charge >= 0.3 is 5.97 Å². The van der Waals surface area contributed by atoms with Gasteiger partial charge in [-0.2, -0.15) is 0 Å². The molecule has 0 aliphatic carbocycles. The first-order chi connectivity index (χ1) is 32.4. The van der Waals surface area contributed by atoms with Crippen molar-refractivity contribution in [1.82, 2.24) is 5.32 Å². The number of carbonyl (C=O) groups excluding carboxylic acids is 2. The molecular weight excluding hydrogens is 856 g/mol. The summed E-state index contributed by atoms with van der Waals surface area (Å²) in [4.78, 5) is 39.8. The number of allylic oxidation sites excluding steroid dienone is 9. The molecule has 67 heavy (non-hydrogen) atoms. The van der Waals surface area contributed by atoms with E-state index in [9.17, 15) is 19.0 Å². The van der Waals surface area contributed by atoms with Crippen LogP contribution in [0.4, 0.5) is 0 Å². The minimum Gasteiger partial charge on any atom is -0.756 e. The van der Waals surface area contributed by atoms with Crippen LogP contribution in [-0.2, 0) is 27.9 Å². The van der Waals surface area contributed by atoms with E-state index in [0.717, 1.165) is 103 Å². The lowest BCUT2D eigenvalue weighted by Gasteiger charge is -2.30. The predicted octanol–water partition coefficient (Wildman–Crippen LogP) is 15.7. The summed E-state index contributed by atoms with van der Waals surface area (Å²) in [5, 5.41) is 3.01. The number of hydrogen-bond acceptors (Lipinski definition) is 7. The molecule has 390 valence electrons. The molecule has 3 unspecified atom stereocenters. The van der Waals surface area contributed by atoms with Crippen molar-refractivity contribution in [3.8, 4) is 0 Å². The smallest absolute Gasteiger partial charge is 0.306 e. The van der Waals surface area contributed by atoms with Crippen LogP contribution >= 0.6 is 7.82 Å². The van der Waals surface area contributed by atoms with Crippen LogP contribution in [0.3, 0.4) is 0 Å². The van der Waals surface area contributed by atoms with Crippen LogP contribution in [0.15, 0.2) is 60.8 Å². The predicted molar refractivity (Wildman–Crippen MR) is 284 cm³/mol. The van der Waals surface area contributed by atoms with Gasteiger partial charge < -0.3 is 28.5 Å². The van der Waals surface area contributed by atoms with E-state index in [4.69, 9.17) is 13.8 Å². The second-order valence-corrected chi connectivity index (χ2v) is 21.1. The Morgan fingerprint density at radius 2 is 1.00 bits per heavy atom. The summed E-state index contributed by atoms with van der Waals surface area (Å²) in [6.07, 6.45) is 57.5. The van der Waals surface area contributed by atoms with Gasteiger partial charge in [0.05, 0.1) is 33.8 Å². The van der Waals surface area contributed by atoms with Crippen molar-refractivity contribution in [2.45, 2.75) is 251 Å². The fourth-order valence-electron chi connectivity index (χ4n) is 7.67. The molecule has 0 rings (SSSR count). The van der Waals surface area contributed by atoms with E-state index in [-0.39, 0.29) is 24.9 Å². The van der Waals surface area contributed by atoms with Crippen molar-refractivity contribution in [3.63, 3.8) is 0 Å². The number of phosphoric acid groups is 1. The highest BCUT2D eigenvalue weighted by Gasteiger charge is 2.27. The monoisotopic (exact) mass is 961 g/mol. The minimum atomic E-state index is -4.70. The summed E-state index contributed by atoms with van der Waals surface area (Å²) < 4.78 is 30.2. The molecule has 9 nitrogen and oxygen atoms in total. The number of ether oxygens (including phenoxy) is 1.